The summed E-state index contributed by atoms with van der Waals surface area (Å²) in [5.74, 6) is -1.90. The van der Waals surface area contributed by atoms with Crippen molar-refractivity contribution in [2.24, 2.45) is 0 Å². The number of anilines is 1. The largest absolute Gasteiger partial charge is 0.497 e. The molecule has 0 bridgehead atoms. The summed E-state index contributed by atoms with van der Waals surface area (Å²) >= 11 is 5.92. The summed E-state index contributed by atoms with van der Waals surface area (Å²) in [4.78, 5) is 14.3. The Morgan fingerprint density at radius 2 is 1.96 bits per heavy atom. The van der Waals surface area contributed by atoms with Crippen LogP contribution < -0.4 is 9.64 Å². The maximum Gasteiger partial charge on any atom is 0.259 e. The van der Waals surface area contributed by atoms with E-state index in [2.05, 4.69) is 0 Å². The number of fused-ring (bicyclic) bond motifs is 1. The van der Waals surface area contributed by atoms with E-state index in [4.69, 9.17) is 16.3 Å². The molecule has 1 aliphatic heterocycles. The maximum atomic E-state index is 13.5. The molecule has 1 aliphatic rings. The van der Waals surface area contributed by atoms with Crippen LogP contribution in [0.4, 0.5) is 14.5 Å². The summed E-state index contributed by atoms with van der Waals surface area (Å²) in [7, 11) is 1.58. The van der Waals surface area contributed by atoms with E-state index >= 15 is 0 Å². The minimum Gasteiger partial charge on any atom is -0.497 e. The van der Waals surface area contributed by atoms with Gasteiger partial charge in [-0.05, 0) is 48.7 Å². The predicted octanol–water partition coefficient (Wildman–Crippen LogP) is 4.22. The number of hydrogen-bond acceptors (Lipinski definition) is 2. The zero-order valence-electron chi connectivity index (χ0n) is 12.4. The van der Waals surface area contributed by atoms with Gasteiger partial charge >= 0.3 is 0 Å². The van der Waals surface area contributed by atoms with E-state index in [-0.39, 0.29) is 10.6 Å². The van der Waals surface area contributed by atoms with Crippen LogP contribution in [0.1, 0.15) is 22.3 Å². The Hall–Kier alpha value is -2.14. The van der Waals surface area contributed by atoms with Crippen molar-refractivity contribution < 1.29 is 18.3 Å². The Morgan fingerprint density at radius 1 is 1.22 bits per heavy atom. The van der Waals surface area contributed by atoms with Crippen LogP contribution in [0.5, 0.6) is 5.75 Å². The van der Waals surface area contributed by atoms with Crippen LogP contribution in [0.15, 0.2) is 30.3 Å². The molecule has 1 heterocycles. The average molecular weight is 338 g/mol. The number of aryl methyl sites for hydroxylation is 1. The standard InChI is InChI=1S/C17H14ClF2NO2/c1-23-11-4-5-16-10(7-11)3-2-6-21(16)17(22)12-8-14(19)15(20)9-13(12)18/h4-5,7-9H,2-3,6H2,1H3. The van der Waals surface area contributed by atoms with Crippen LogP contribution in [0.25, 0.3) is 0 Å². The molecular weight excluding hydrogens is 324 g/mol. The highest BCUT2D eigenvalue weighted by Crippen LogP contribution is 2.32. The molecule has 120 valence electrons. The Balaban J connectivity index is 2.01. The molecule has 0 atom stereocenters. The van der Waals surface area contributed by atoms with Crippen molar-refractivity contribution in [2.45, 2.75) is 12.8 Å². The molecule has 0 aliphatic carbocycles. The molecular formula is C17H14ClF2NO2. The molecule has 2 aromatic carbocycles. The Labute approximate surface area is 137 Å². The highest BCUT2D eigenvalue weighted by molar-refractivity contribution is 6.34. The lowest BCUT2D eigenvalue weighted by atomic mass is 10.0. The van der Waals surface area contributed by atoms with Crippen molar-refractivity contribution in [3.8, 4) is 5.75 Å². The van der Waals surface area contributed by atoms with E-state index in [1.54, 1.807) is 19.2 Å². The number of rotatable bonds is 2. The van der Waals surface area contributed by atoms with Gasteiger partial charge in [0.15, 0.2) is 11.6 Å². The van der Waals surface area contributed by atoms with Crippen molar-refractivity contribution in [3.05, 3.63) is 58.1 Å². The van der Waals surface area contributed by atoms with Gasteiger partial charge in [-0.3, -0.25) is 4.79 Å². The van der Waals surface area contributed by atoms with Crippen molar-refractivity contribution >= 4 is 23.2 Å². The molecule has 0 radical (unpaired) electrons. The molecule has 0 fully saturated rings. The van der Waals surface area contributed by atoms with E-state index in [9.17, 15) is 13.6 Å². The third kappa shape index (κ3) is 2.88. The van der Waals surface area contributed by atoms with Crippen molar-refractivity contribution in [3.63, 3.8) is 0 Å². The van der Waals surface area contributed by atoms with Crippen LogP contribution in [0.2, 0.25) is 5.02 Å². The first-order valence-corrected chi connectivity index (χ1v) is 7.52. The van der Waals surface area contributed by atoms with Crippen molar-refractivity contribution in [1.29, 1.82) is 0 Å². The molecule has 0 aromatic heterocycles. The maximum absolute atomic E-state index is 13.5. The van der Waals surface area contributed by atoms with E-state index in [0.717, 1.165) is 36.2 Å². The minimum absolute atomic E-state index is 0.0470. The zero-order valence-corrected chi connectivity index (χ0v) is 13.2. The van der Waals surface area contributed by atoms with Gasteiger partial charge in [-0.25, -0.2) is 8.78 Å². The monoisotopic (exact) mass is 337 g/mol. The number of carbonyl (C=O) groups is 1. The fraction of sp³-hybridized carbons (Fsp3) is 0.235. The molecule has 23 heavy (non-hydrogen) atoms. The van der Waals surface area contributed by atoms with E-state index < -0.39 is 17.5 Å². The van der Waals surface area contributed by atoms with Crippen LogP contribution in [0.3, 0.4) is 0 Å². The van der Waals surface area contributed by atoms with Gasteiger partial charge in [-0.15, -0.1) is 0 Å². The number of carbonyl (C=O) groups excluding carboxylic acids is 1. The highest BCUT2D eigenvalue weighted by Gasteiger charge is 2.26. The van der Waals surface area contributed by atoms with Gasteiger partial charge in [-0.2, -0.15) is 0 Å². The summed E-state index contributed by atoms with van der Waals surface area (Å²) in [6.07, 6.45) is 1.59. The third-order valence-electron chi connectivity index (χ3n) is 3.89. The first-order chi connectivity index (χ1) is 11.0. The minimum atomic E-state index is -1.09. The van der Waals surface area contributed by atoms with Crippen molar-refractivity contribution in [1.82, 2.24) is 0 Å². The lowest BCUT2D eigenvalue weighted by molar-refractivity contribution is 0.0984. The van der Waals surface area contributed by atoms with Crippen LogP contribution in [0, 0.1) is 11.6 Å². The summed E-state index contributed by atoms with van der Waals surface area (Å²) in [5, 5.41) is -0.102. The Bertz CT molecular complexity index is 779. The van der Waals surface area contributed by atoms with Crippen molar-refractivity contribution in [2.75, 3.05) is 18.6 Å². The SMILES string of the molecule is COc1ccc2c(c1)CCCN2C(=O)c1cc(F)c(F)cc1Cl. The number of methoxy groups -OCH3 is 1. The molecule has 0 unspecified atom stereocenters. The smallest absolute Gasteiger partial charge is 0.259 e. The van der Waals surface area contributed by atoms with E-state index in [1.165, 1.54) is 4.90 Å². The number of halogens is 3. The van der Waals surface area contributed by atoms with Gasteiger partial charge in [0.2, 0.25) is 0 Å². The van der Waals surface area contributed by atoms with Gasteiger partial charge in [-0.1, -0.05) is 11.6 Å². The molecule has 3 rings (SSSR count). The number of benzene rings is 2. The van der Waals surface area contributed by atoms with E-state index in [1.807, 2.05) is 6.07 Å². The molecule has 0 N–H and O–H groups in total. The summed E-state index contributed by atoms with van der Waals surface area (Å²) in [6.45, 7) is 0.494. The molecule has 1 amide bonds. The number of amides is 1. The molecule has 0 saturated carbocycles. The zero-order chi connectivity index (χ0) is 16.6. The van der Waals surface area contributed by atoms with Gasteiger partial charge in [0, 0.05) is 12.2 Å². The second kappa shape index (κ2) is 6.16. The predicted molar refractivity (Wildman–Crippen MR) is 84.4 cm³/mol. The lowest BCUT2D eigenvalue weighted by Gasteiger charge is -2.30. The second-order valence-electron chi connectivity index (χ2n) is 5.30. The van der Waals surface area contributed by atoms with Crippen LogP contribution in [-0.2, 0) is 6.42 Å². The topological polar surface area (TPSA) is 29.5 Å². The Morgan fingerprint density at radius 3 is 2.70 bits per heavy atom. The molecule has 0 saturated heterocycles. The third-order valence-corrected chi connectivity index (χ3v) is 4.20. The summed E-state index contributed by atoms with van der Waals surface area (Å²) in [5.41, 5.74) is 1.67. The summed E-state index contributed by atoms with van der Waals surface area (Å²) < 4.78 is 31.8. The normalized spacial score (nSPS) is 13.7. The van der Waals surface area contributed by atoms with Gasteiger partial charge in [0.1, 0.15) is 5.75 Å². The molecule has 3 nitrogen and oxygen atoms in total. The highest BCUT2D eigenvalue weighted by atomic mass is 35.5. The van der Waals surface area contributed by atoms with Gasteiger partial charge in [0.25, 0.3) is 5.91 Å². The number of ether oxygens (including phenoxy) is 1. The Kier molecular flexibility index (Phi) is 4.22. The molecule has 6 heteroatoms. The van der Waals surface area contributed by atoms with E-state index in [0.29, 0.717) is 12.3 Å². The number of nitrogens with zero attached hydrogens (tertiary/aromatic N) is 1. The quantitative estimate of drug-likeness (QED) is 0.768. The lowest BCUT2D eigenvalue weighted by Crippen LogP contribution is -2.35. The molecule has 0 spiro atoms. The molecule has 2 aromatic rings. The van der Waals surface area contributed by atoms with Crippen LogP contribution >= 0.6 is 11.6 Å². The average Bonchev–Trinajstić information content (AvgIpc) is 2.56. The summed E-state index contributed by atoms with van der Waals surface area (Å²) in [6, 6.07) is 7.10. The number of hydrogen-bond donors (Lipinski definition) is 0. The van der Waals surface area contributed by atoms with Gasteiger partial charge < -0.3 is 9.64 Å². The fourth-order valence-corrected chi connectivity index (χ4v) is 2.97. The fourth-order valence-electron chi connectivity index (χ4n) is 2.74. The van der Waals surface area contributed by atoms with Crippen LogP contribution in [-0.4, -0.2) is 19.6 Å². The first kappa shape index (κ1) is 15.7. The first-order valence-electron chi connectivity index (χ1n) is 7.14. The van der Waals surface area contributed by atoms with Gasteiger partial charge in [0.05, 0.1) is 17.7 Å². The second-order valence-corrected chi connectivity index (χ2v) is 5.71.